The van der Waals surface area contributed by atoms with Crippen LogP contribution < -0.4 is 5.32 Å². The average Bonchev–Trinajstić information content (AvgIpc) is 3.76. The van der Waals surface area contributed by atoms with Crippen molar-refractivity contribution in [2.45, 2.75) is 52.2 Å². The molecule has 1 unspecified atom stereocenters. The van der Waals surface area contributed by atoms with Crippen LogP contribution in [0.25, 0.3) is 44.6 Å². The van der Waals surface area contributed by atoms with Crippen molar-refractivity contribution in [1.29, 1.82) is 5.26 Å². The molecule has 0 bridgehead atoms. The highest BCUT2D eigenvalue weighted by molar-refractivity contribution is 6.36. The van der Waals surface area contributed by atoms with E-state index in [1.54, 1.807) is 23.4 Å². The maximum absolute atomic E-state index is 12.9. The Labute approximate surface area is 293 Å². The number of fused-ring (bicyclic) bond motifs is 2. The van der Waals surface area contributed by atoms with Crippen LogP contribution in [-0.2, 0) is 4.74 Å². The second-order valence-corrected chi connectivity index (χ2v) is 13.6. The fraction of sp³-hybridized carbons (Fsp3) is 0.231. The molecule has 10 nitrogen and oxygen atoms in total. The van der Waals surface area contributed by atoms with Crippen LogP contribution in [0, 0.1) is 18.3 Å². The van der Waals surface area contributed by atoms with E-state index >= 15 is 0 Å². The van der Waals surface area contributed by atoms with E-state index in [2.05, 4.69) is 27.4 Å². The van der Waals surface area contributed by atoms with Gasteiger partial charge in [0.1, 0.15) is 29.0 Å². The number of nitrogens with one attached hydrogen (secondary N) is 1. The van der Waals surface area contributed by atoms with E-state index in [0.29, 0.717) is 57.4 Å². The smallest absolute Gasteiger partial charge is 0.410 e. The Hall–Kier alpha value is -5.79. The zero-order valence-corrected chi connectivity index (χ0v) is 28.7. The Kier molecular flexibility index (Phi) is 8.46. The highest BCUT2D eigenvalue weighted by Crippen LogP contribution is 2.41. The first kappa shape index (κ1) is 32.7. The molecular formula is C39H33ClN6O4. The van der Waals surface area contributed by atoms with Crippen molar-refractivity contribution in [3.05, 3.63) is 100 Å². The summed E-state index contributed by atoms with van der Waals surface area (Å²) in [5, 5.41) is 14.4. The number of benzene rings is 3. The molecule has 0 spiro atoms. The van der Waals surface area contributed by atoms with Crippen LogP contribution >= 0.6 is 11.6 Å². The maximum Gasteiger partial charge on any atom is 0.410 e. The van der Waals surface area contributed by atoms with Gasteiger partial charge >= 0.3 is 6.09 Å². The molecule has 1 aliphatic rings. The van der Waals surface area contributed by atoms with Crippen LogP contribution in [0.4, 0.5) is 16.3 Å². The number of pyridine rings is 2. The number of nitriles is 1. The van der Waals surface area contributed by atoms with Crippen molar-refractivity contribution in [3.8, 4) is 28.7 Å². The first-order chi connectivity index (χ1) is 24.0. The van der Waals surface area contributed by atoms with E-state index in [-0.39, 0.29) is 17.7 Å². The van der Waals surface area contributed by atoms with Gasteiger partial charge in [0.2, 0.25) is 5.89 Å². The van der Waals surface area contributed by atoms with E-state index in [0.717, 1.165) is 46.0 Å². The summed E-state index contributed by atoms with van der Waals surface area (Å²) in [6.45, 7) is 8.20. The number of anilines is 2. The largest absolute Gasteiger partial charge is 0.444 e. The fourth-order valence-corrected chi connectivity index (χ4v) is 6.72. The molecule has 50 heavy (non-hydrogen) atoms. The normalized spacial score (nSPS) is 14.6. The third-order valence-electron chi connectivity index (χ3n) is 8.76. The number of oxazole rings is 1. The number of carbonyl (C=O) groups excluding carboxylic acids is 2. The highest BCUT2D eigenvalue weighted by atomic mass is 35.5. The summed E-state index contributed by atoms with van der Waals surface area (Å²) >= 11 is 7.09. The van der Waals surface area contributed by atoms with Gasteiger partial charge in [-0.2, -0.15) is 5.26 Å². The Morgan fingerprint density at radius 2 is 1.88 bits per heavy atom. The van der Waals surface area contributed by atoms with Crippen molar-refractivity contribution in [3.63, 3.8) is 0 Å². The number of likely N-dealkylation sites (tertiary alicyclic amines) is 1. The minimum absolute atomic E-state index is 0.117. The minimum atomic E-state index is -0.573. The number of aldehydes is 1. The average molecular weight is 685 g/mol. The number of halogens is 1. The Balaban J connectivity index is 1.19. The standard InChI is InChI=1S/C39H33ClN6O4/c1-22-27(8-5-9-28(22)37-45-31-17-23(21-47)16-25(19-41)35(31)49-37)29-10-6-11-30(33(29)40)44-36-34-24(13-14-42-36)18-26(20-43-34)32-12-7-15-46(32)38(48)50-39(2,3)4/h5-6,8-11,13-14,16-18,20-21,32H,7,12,15H2,1-4H3,(H,42,44). The van der Waals surface area contributed by atoms with Crippen LogP contribution in [0.3, 0.4) is 0 Å². The lowest BCUT2D eigenvalue weighted by Crippen LogP contribution is -2.36. The van der Waals surface area contributed by atoms with Gasteiger partial charge in [-0.25, -0.2) is 14.8 Å². The van der Waals surface area contributed by atoms with Crippen molar-refractivity contribution in [1.82, 2.24) is 19.9 Å². The Morgan fingerprint density at radius 1 is 1.10 bits per heavy atom. The molecule has 0 radical (unpaired) electrons. The summed E-state index contributed by atoms with van der Waals surface area (Å²) in [5.41, 5.74) is 6.30. The molecule has 7 rings (SSSR count). The number of rotatable bonds is 6. The summed E-state index contributed by atoms with van der Waals surface area (Å²) in [5.74, 6) is 0.880. The molecule has 3 aromatic heterocycles. The number of aromatic nitrogens is 3. The van der Waals surface area contributed by atoms with Crippen molar-refractivity contribution in [2.24, 2.45) is 0 Å². The molecule has 1 N–H and O–H groups in total. The summed E-state index contributed by atoms with van der Waals surface area (Å²) in [6, 6.07) is 20.5. The lowest BCUT2D eigenvalue weighted by molar-refractivity contribution is 0.0224. The molecule has 1 aliphatic heterocycles. The highest BCUT2D eigenvalue weighted by Gasteiger charge is 2.33. The third-order valence-corrected chi connectivity index (χ3v) is 9.17. The molecule has 3 aromatic carbocycles. The predicted octanol–water partition coefficient (Wildman–Crippen LogP) is 9.57. The topological polar surface area (TPSA) is 134 Å². The number of ether oxygens (including phenoxy) is 1. The van der Waals surface area contributed by atoms with Gasteiger partial charge in [0.05, 0.1) is 22.3 Å². The summed E-state index contributed by atoms with van der Waals surface area (Å²) in [6.07, 6.45) is 5.62. The lowest BCUT2D eigenvalue weighted by atomic mass is 9.96. The fourth-order valence-electron chi connectivity index (χ4n) is 6.45. The molecule has 0 saturated carbocycles. The molecule has 0 aliphatic carbocycles. The van der Waals surface area contributed by atoms with E-state index in [1.165, 1.54) is 6.07 Å². The predicted molar refractivity (Wildman–Crippen MR) is 192 cm³/mol. The van der Waals surface area contributed by atoms with Gasteiger partial charge in [-0.05, 0) is 93.6 Å². The summed E-state index contributed by atoms with van der Waals surface area (Å²) in [7, 11) is 0. The van der Waals surface area contributed by atoms with Gasteiger partial charge in [0.25, 0.3) is 0 Å². The van der Waals surface area contributed by atoms with E-state index in [1.807, 2.05) is 70.2 Å². The molecule has 1 atom stereocenters. The summed E-state index contributed by atoms with van der Waals surface area (Å²) < 4.78 is 11.7. The van der Waals surface area contributed by atoms with Gasteiger partial charge < -0.3 is 19.4 Å². The van der Waals surface area contributed by atoms with Gasteiger partial charge in [0, 0.05) is 41.0 Å². The number of hydrogen-bond acceptors (Lipinski definition) is 9. The zero-order valence-electron chi connectivity index (χ0n) is 28.0. The number of carbonyl (C=O) groups is 2. The number of amides is 1. The third kappa shape index (κ3) is 6.12. The van der Waals surface area contributed by atoms with Gasteiger partial charge in [-0.15, -0.1) is 0 Å². The van der Waals surface area contributed by atoms with Crippen LogP contribution in [0.5, 0.6) is 0 Å². The number of hydrogen-bond donors (Lipinski definition) is 1. The Morgan fingerprint density at radius 3 is 2.66 bits per heavy atom. The van der Waals surface area contributed by atoms with Gasteiger partial charge in [0.15, 0.2) is 11.4 Å². The van der Waals surface area contributed by atoms with Crippen molar-refractivity contribution in [2.75, 3.05) is 11.9 Å². The maximum atomic E-state index is 12.9. The van der Waals surface area contributed by atoms with Gasteiger partial charge in [-0.3, -0.25) is 9.78 Å². The molecule has 1 saturated heterocycles. The molecule has 1 amide bonds. The van der Waals surface area contributed by atoms with Crippen LogP contribution in [-0.4, -0.2) is 44.4 Å². The summed E-state index contributed by atoms with van der Waals surface area (Å²) in [4.78, 5) is 40.1. The van der Waals surface area contributed by atoms with Crippen LogP contribution in [0.1, 0.15) is 66.7 Å². The van der Waals surface area contributed by atoms with E-state index in [4.69, 9.17) is 25.7 Å². The van der Waals surface area contributed by atoms with Crippen molar-refractivity contribution < 1.29 is 18.7 Å². The van der Waals surface area contributed by atoms with Gasteiger partial charge in [-0.1, -0.05) is 35.9 Å². The monoisotopic (exact) mass is 684 g/mol. The quantitative estimate of drug-likeness (QED) is 0.170. The van der Waals surface area contributed by atoms with E-state index < -0.39 is 5.60 Å². The minimum Gasteiger partial charge on any atom is -0.444 e. The molecule has 11 heteroatoms. The van der Waals surface area contributed by atoms with Crippen LogP contribution in [0.15, 0.2) is 77.5 Å². The molecule has 4 heterocycles. The van der Waals surface area contributed by atoms with Crippen molar-refractivity contribution >= 4 is 57.5 Å². The van der Waals surface area contributed by atoms with E-state index in [9.17, 15) is 14.9 Å². The molecule has 250 valence electrons. The number of nitrogens with zero attached hydrogens (tertiary/aromatic N) is 5. The second kappa shape index (κ2) is 12.9. The van der Waals surface area contributed by atoms with Crippen LogP contribution in [0.2, 0.25) is 5.02 Å². The second-order valence-electron chi connectivity index (χ2n) is 13.3. The molecule has 6 aromatic rings. The zero-order chi connectivity index (χ0) is 35.2. The first-order valence-corrected chi connectivity index (χ1v) is 16.6. The Bertz CT molecular complexity index is 2360. The molecular weight excluding hydrogens is 652 g/mol. The molecule has 1 fully saturated rings. The SMILES string of the molecule is Cc1c(-c2nc3cc(C=O)cc(C#N)c3o2)cccc1-c1cccc(Nc2nccc3cc(C4CCCN4C(=O)OC(C)(C)C)cnc23)c1Cl. The lowest BCUT2D eigenvalue weighted by Gasteiger charge is -2.28. The first-order valence-electron chi connectivity index (χ1n) is 16.2.